The Balaban J connectivity index is 1.18. The average Bonchev–Trinajstić information content (AvgIpc) is 3.76. The third-order valence-electron chi connectivity index (χ3n) is 9.47. The van der Waals surface area contributed by atoms with Crippen molar-refractivity contribution in [3.63, 3.8) is 0 Å². The molecule has 0 saturated carbocycles. The van der Waals surface area contributed by atoms with Gasteiger partial charge in [-0.15, -0.1) is 5.10 Å². The van der Waals surface area contributed by atoms with E-state index < -0.39 is 31.8 Å². The van der Waals surface area contributed by atoms with Gasteiger partial charge in [0.05, 0.1) is 34.8 Å². The number of nitrogens with zero attached hydrogens (tertiary/aromatic N) is 6. The molecule has 5 aliphatic rings. The number of piperazine rings is 1. The standard InChI is InChI=1S/C32H30ClN7O5S3/c1-37-28-27(41)39-29-31(20-32(39,30(37)42)47-46-28,25-10-5-6-11-26(25)40(29)48(43,44)24-8-3-2-4-9-24)21-12-14-23(15-13-21)45-17-7-16-38-19-22(18-34-33)35-36-38/h2-6,8-15,19,28-29,34H,7,16-18,20H2,1H3/t28-,29-,31-,32-/m0/s1. The summed E-state index contributed by atoms with van der Waals surface area (Å²) >= 11 is 5.55. The van der Waals surface area contributed by atoms with Gasteiger partial charge in [0.1, 0.15) is 11.9 Å². The number of amides is 2. The zero-order valence-corrected chi connectivity index (χ0v) is 28.8. The van der Waals surface area contributed by atoms with Crippen molar-refractivity contribution >= 4 is 60.9 Å². The Labute approximate surface area is 290 Å². The van der Waals surface area contributed by atoms with Crippen LogP contribution in [0.3, 0.4) is 0 Å². The molecule has 5 aliphatic heterocycles. The highest BCUT2D eigenvalue weighted by Gasteiger charge is 2.77. The van der Waals surface area contributed by atoms with Gasteiger partial charge in [-0.1, -0.05) is 75.3 Å². The Kier molecular flexibility index (Phi) is 7.67. The van der Waals surface area contributed by atoms with Crippen molar-refractivity contribution in [2.24, 2.45) is 0 Å². The van der Waals surface area contributed by atoms with E-state index in [1.54, 1.807) is 59.1 Å². The Bertz CT molecular complexity index is 2020. The molecule has 6 heterocycles. The number of aromatic nitrogens is 3. The lowest BCUT2D eigenvalue weighted by Gasteiger charge is -2.53. The highest BCUT2D eigenvalue weighted by molar-refractivity contribution is 8.78. The van der Waals surface area contributed by atoms with E-state index in [0.29, 0.717) is 37.6 Å². The van der Waals surface area contributed by atoms with Crippen molar-refractivity contribution in [3.05, 3.63) is 102 Å². The minimum atomic E-state index is -4.17. The number of ether oxygens (including phenoxy) is 1. The molecule has 1 spiro atoms. The van der Waals surface area contributed by atoms with Crippen LogP contribution < -0.4 is 13.9 Å². The maximum absolute atomic E-state index is 14.6. The van der Waals surface area contributed by atoms with Crippen LogP contribution in [-0.4, -0.2) is 75.1 Å². The highest BCUT2D eigenvalue weighted by Crippen LogP contribution is 2.69. The second-order valence-corrected chi connectivity index (χ2v) is 16.7. The molecule has 1 aromatic heterocycles. The molecule has 0 aliphatic carbocycles. The fourth-order valence-electron chi connectivity index (χ4n) is 7.40. The lowest BCUT2D eigenvalue weighted by Crippen LogP contribution is -2.72. The van der Waals surface area contributed by atoms with Crippen LogP contribution in [0.25, 0.3) is 0 Å². The third-order valence-corrected chi connectivity index (χ3v) is 14.6. The summed E-state index contributed by atoms with van der Waals surface area (Å²) in [4.78, 5) is 32.8. The number of hydrogen-bond donors (Lipinski definition) is 1. The number of likely N-dealkylation sites (N-methyl/N-ethyl adjacent to an activating group) is 1. The summed E-state index contributed by atoms with van der Waals surface area (Å²) in [7, 11) is 0.194. The van der Waals surface area contributed by atoms with E-state index in [1.807, 2.05) is 42.6 Å². The molecule has 248 valence electrons. The Hall–Kier alpha value is -3.76. The van der Waals surface area contributed by atoms with Crippen LogP contribution in [0.2, 0.25) is 0 Å². The van der Waals surface area contributed by atoms with E-state index in [9.17, 15) is 18.0 Å². The first-order valence-corrected chi connectivity index (χ1v) is 19.4. The molecule has 0 radical (unpaired) electrons. The van der Waals surface area contributed by atoms with Crippen LogP contribution in [0, 0.1) is 0 Å². The van der Waals surface area contributed by atoms with E-state index in [4.69, 9.17) is 16.5 Å². The van der Waals surface area contributed by atoms with E-state index in [-0.39, 0.29) is 23.1 Å². The molecule has 3 aromatic carbocycles. The summed E-state index contributed by atoms with van der Waals surface area (Å²) in [6.45, 7) is 1.47. The number of fused-ring (bicyclic) bond motifs is 5. The molecule has 16 heteroatoms. The number of benzene rings is 3. The van der Waals surface area contributed by atoms with Gasteiger partial charge in [0.25, 0.3) is 21.8 Å². The molecule has 4 saturated heterocycles. The van der Waals surface area contributed by atoms with Gasteiger partial charge in [0.15, 0.2) is 10.2 Å². The van der Waals surface area contributed by atoms with Gasteiger partial charge in [-0.25, -0.2) is 17.6 Å². The topological polar surface area (TPSA) is 130 Å². The van der Waals surface area contributed by atoms with Crippen molar-refractivity contribution in [2.45, 2.75) is 52.7 Å². The molecule has 2 amide bonds. The molecule has 4 fully saturated rings. The third kappa shape index (κ3) is 4.51. The van der Waals surface area contributed by atoms with Gasteiger partial charge >= 0.3 is 0 Å². The number of aryl methyl sites for hydroxylation is 1. The van der Waals surface area contributed by atoms with Crippen LogP contribution >= 0.6 is 33.4 Å². The number of sulfonamides is 1. The molecule has 4 aromatic rings. The fraction of sp³-hybridized carbons (Fsp3) is 0.312. The summed E-state index contributed by atoms with van der Waals surface area (Å²) in [5, 5.41) is 7.40. The number of hydrogen-bond acceptors (Lipinski definition) is 10. The highest BCUT2D eigenvalue weighted by atomic mass is 35.5. The first-order valence-electron chi connectivity index (χ1n) is 15.3. The number of anilines is 1. The van der Waals surface area contributed by atoms with Gasteiger partial charge < -0.3 is 9.64 Å². The van der Waals surface area contributed by atoms with Gasteiger partial charge in [0.2, 0.25) is 0 Å². The molecule has 9 rings (SSSR count). The van der Waals surface area contributed by atoms with Gasteiger partial charge in [-0.3, -0.25) is 19.2 Å². The predicted octanol–water partition coefficient (Wildman–Crippen LogP) is 3.93. The van der Waals surface area contributed by atoms with Crippen molar-refractivity contribution in [3.8, 4) is 5.75 Å². The van der Waals surface area contributed by atoms with Crippen LogP contribution in [0.4, 0.5) is 5.69 Å². The van der Waals surface area contributed by atoms with Crippen molar-refractivity contribution in [1.82, 2.24) is 29.6 Å². The SMILES string of the molecule is CN1C(=O)[C@@]23C[C@]4(c5ccc(OCCCn6cc(CNCl)nn6)cc5)c5ccccc5N(S(=O)(=O)c5ccccc5)[C@@H]4N2C(=O)[C@@H]1SS3. The molecule has 4 atom stereocenters. The van der Waals surface area contributed by atoms with Gasteiger partial charge in [-0.05, 0) is 53.2 Å². The molecule has 2 bridgehead atoms. The number of rotatable bonds is 10. The summed E-state index contributed by atoms with van der Waals surface area (Å²) in [6.07, 6.45) is 1.72. The number of carbonyl (C=O) groups excluding carboxylic acids is 2. The molecule has 1 N–H and O–H groups in total. The lowest BCUT2D eigenvalue weighted by molar-refractivity contribution is -0.158. The zero-order valence-electron chi connectivity index (χ0n) is 25.6. The van der Waals surface area contributed by atoms with E-state index in [2.05, 4.69) is 15.1 Å². The van der Waals surface area contributed by atoms with Crippen LogP contribution in [-0.2, 0) is 38.1 Å². The number of halogens is 1. The molecular weight excluding hydrogens is 694 g/mol. The van der Waals surface area contributed by atoms with E-state index in [1.165, 1.54) is 30.8 Å². The first kappa shape index (κ1) is 31.5. The second kappa shape index (κ2) is 11.7. The lowest BCUT2D eigenvalue weighted by atomic mass is 9.72. The Morgan fingerprint density at radius 3 is 2.56 bits per heavy atom. The molecule has 12 nitrogen and oxygen atoms in total. The van der Waals surface area contributed by atoms with Crippen molar-refractivity contribution < 1.29 is 22.7 Å². The molecule has 0 unspecified atom stereocenters. The van der Waals surface area contributed by atoms with Gasteiger partial charge in [-0.2, -0.15) is 0 Å². The average molecular weight is 724 g/mol. The maximum Gasteiger partial charge on any atom is 0.266 e. The normalized spacial score (nSPS) is 25.8. The quantitative estimate of drug-likeness (QED) is 0.146. The Morgan fingerprint density at radius 1 is 1.04 bits per heavy atom. The second-order valence-electron chi connectivity index (χ2n) is 12.1. The summed E-state index contributed by atoms with van der Waals surface area (Å²) in [5.74, 6) is 0.175. The van der Waals surface area contributed by atoms with Gasteiger partial charge in [0, 0.05) is 32.6 Å². The maximum atomic E-state index is 14.6. The van der Waals surface area contributed by atoms with Crippen molar-refractivity contribution in [1.29, 1.82) is 0 Å². The largest absolute Gasteiger partial charge is 0.494 e. The summed E-state index contributed by atoms with van der Waals surface area (Å²) in [5.41, 5.74) is 1.74. The van der Waals surface area contributed by atoms with E-state index >= 15 is 0 Å². The smallest absolute Gasteiger partial charge is 0.266 e. The number of para-hydroxylation sites is 1. The number of carbonyl (C=O) groups is 2. The first-order chi connectivity index (χ1) is 23.2. The fourth-order valence-corrected chi connectivity index (χ4v) is 12.7. The Morgan fingerprint density at radius 2 is 1.79 bits per heavy atom. The summed E-state index contributed by atoms with van der Waals surface area (Å²) < 4.78 is 38.4. The molecular formula is C32H30ClN7O5S3. The predicted molar refractivity (Wildman–Crippen MR) is 182 cm³/mol. The minimum Gasteiger partial charge on any atom is -0.494 e. The summed E-state index contributed by atoms with van der Waals surface area (Å²) in [6, 6.07) is 23.2. The number of nitrogens with one attached hydrogen (secondary N) is 1. The monoisotopic (exact) mass is 723 g/mol. The van der Waals surface area contributed by atoms with Crippen molar-refractivity contribution in [2.75, 3.05) is 18.0 Å². The van der Waals surface area contributed by atoms with Crippen LogP contribution in [0.15, 0.2) is 90.0 Å². The van der Waals surface area contributed by atoms with Crippen LogP contribution in [0.5, 0.6) is 5.75 Å². The minimum absolute atomic E-state index is 0.109. The molecule has 48 heavy (non-hydrogen) atoms. The zero-order chi connectivity index (χ0) is 33.3. The van der Waals surface area contributed by atoms with Crippen LogP contribution in [0.1, 0.15) is 29.7 Å². The van der Waals surface area contributed by atoms with E-state index in [0.717, 1.165) is 16.8 Å².